The highest BCUT2D eigenvalue weighted by atomic mass is 19.2. The largest absolute Gasteiger partial charge is 0.203 e. The third-order valence-electron chi connectivity index (χ3n) is 8.21. The van der Waals surface area contributed by atoms with Crippen LogP contribution in [0.1, 0.15) is 70.8 Å². The minimum atomic E-state index is -2.50. The van der Waals surface area contributed by atoms with Crippen molar-refractivity contribution in [2.45, 2.75) is 59.3 Å². The summed E-state index contributed by atoms with van der Waals surface area (Å²) < 4.78 is 216. The highest BCUT2D eigenvalue weighted by Crippen LogP contribution is 2.38. The Balaban J connectivity index is 2.18. The molecule has 0 aliphatic heterocycles. The molecule has 0 saturated carbocycles. The second-order valence-electron chi connectivity index (χ2n) is 10.6. The molecule has 0 radical (unpaired) electrons. The summed E-state index contributed by atoms with van der Waals surface area (Å²) in [6.07, 6.45) is -4.31. The summed E-state index contributed by atoms with van der Waals surface area (Å²) in [5, 5.41) is 0. The second kappa shape index (κ2) is 13.7. The predicted octanol–water partition coefficient (Wildman–Crippen LogP) is 10.2. The summed E-state index contributed by atoms with van der Waals surface area (Å²) in [6.45, 7) is 4.09. The van der Waals surface area contributed by atoms with E-state index in [1.54, 1.807) is 0 Å². The molecular formula is C33H21F15. The molecular weight excluding hydrogens is 681 g/mol. The van der Waals surface area contributed by atoms with Crippen molar-refractivity contribution in [3.05, 3.63) is 137 Å². The van der Waals surface area contributed by atoms with Crippen LogP contribution in [0.2, 0.25) is 0 Å². The maximum Gasteiger partial charge on any atom is 0.200 e. The molecule has 0 spiro atoms. The summed E-state index contributed by atoms with van der Waals surface area (Å²) >= 11 is 0. The lowest BCUT2D eigenvalue weighted by molar-refractivity contribution is 0.370. The SMILES string of the molecule is CCc1c(Cc2c(F)c(F)c(F)c(F)c2F)c(CC)c(Cc2c(F)c(F)c(F)c(F)c2F)c(CC)c1Cc1c(F)c(F)c(F)c(F)c1F. The van der Waals surface area contributed by atoms with E-state index < -0.39 is 123 Å². The highest BCUT2D eigenvalue weighted by molar-refractivity contribution is 5.57. The molecule has 258 valence electrons. The van der Waals surface area contributed by atoms with Gasteiger partial charge in [0, 0.05) is 36.0 Å². The number of rotatable bonds is 9. The summed E-state index contributed by atoms with van der Waals surface area (Å²) in [5.74, 6) is -35.2. The first kappa shape index (κ1) is 36.7. The van der Waals surface area contributed by atoms with Crippen molar-refractivity contribution >= 4 is 0 Å². The highest BCUT2D eigenvalue weighted by Gasteiger charge is 2.33. The fraction of sp³-hybridized carbons (Fsp3) is 0.273. The van der Waals surface area contributed by atoms with E-state index in [2.05, 4.69) is 0 Å². The number of hydrogen-bond acceptors (Lipinski definition) is 0. The third kappa shape index (κ3) is 5.78. The van der Waals surface area contributed by atoms with Gasteiger partial charge in [-0.05, 0) is 52.6 Å². The Morgan fingerprint density at radius 1 is 0.208 bits per heavy atom. The zero-order valence-electron chi connectivity index (χ0n) is 24.9. The van der Waals surface area contributed by atoms with E-state index in [1.807, 2.05) is 0 Å². The van der Waals surface area contributed by atoms with Gasteiger partial charge >= 0.3 is 0 Å². The molecule has 0 aliphatic rings. The van der Waals surface area contributed by atoms with Crippen LogP contribution >= 0.6 is 0 Å². The van der Waals surface area contributed by atoms with Crippen molar-refractivity contribution in [2.75, 3.05) is 0 Å². The smallest absolute Gasteiger partial charge is 0.200 e. The predicted molar refractivity (Wildman–Crippen MR) is 142 cm³/mol. The lowest BCUT2D eigenvalue weighted by Crippen LogP contribution is -2.18. The summed E-state index contributed by atoms with van der Waals surface area (Å²) in [6, 6.07) is 0. The first-order valence-electron chi connectivity index (χ1n) is 14.1. The zero-order chi connectivity index (χ0) is 36.1. The normalized spacial score (nSPS) is 11.6. The molecule has 0 nitrogen and oxygen atoms in total. The van der Waals surface area contributed by atoms with Gasteiger partial charge in [0.15, 0.2) is 69.8 Å². The number of halogens is 15. The van der Waals surface area contributed by atoms with E-state index in [0.717, 1.165) is 0 Å². The Bertz CT molecular complexity index is 1630. The molecule has 4 rings (SSSR count). The molecule has 0 aliphatic carbocycles. The fourth-order valence-electron chi connectivity index (χ4n) is 5.96. The van der Waals surface area contributed by atoms with Gasteiger partial charge in [-0.1, -0.05) is 20.8 Å². The van der Waals surface area contributed by atoms with E-state index in [0.29, 0.717) is 0 Å². The van der Waals surface area contributed by atoms with Gasteiger partial charge in [0.25, 0.3) is 0 Å². The van der Waals surface area contributed by atoms with Gasteiger partial charge in [0.1, 0.15) is 0 Å². The Morgan fingerprint density at radius 3 is 0.500 bits per heavy atom. The van der Waals surface area contributed by atoms with Crippen molar-refractivity contribution < 1.29 is 65.9 Å². The maximum atomic E-state index is 14.9. The van der Waals surface area contributed by atoms with Gasteiger partial charge in [-0.15, -0.1) is 0 Å². The van der Waals surface area contributed by atoms with Gasteiger partial charge in [-0.25, -0.2) is 65.9 Å². The second-order valence-corrected chi connectivity index (χ2v) is 10.6. The van der Waals surface area contributed by atoms with Crippen LogP contribution in [0.3, 0.4) is 0 Å². The van der Waals surface area contributed by atoms with Crippen molar-refractivity contribution in [3.8, 4) is 0 Å². The standard InChI is InChI=1S/C33H21F15/c1-4-10-13(7-16-19(34)25(40)31(46)26(41)20(16)35)11(5-2)15(9-18-23(38)29(44)33(48)30(45)24(18)39)12(6-3)14(10)8-17-21(36)27(42)32(47)28(43)22(17)37/h4-9H2,1-3H3. The van der Waals surface area contributed by atoms with Gasteiger partial charge in [-0.2, -0.15) is 0 Å². The van der Waals surface area contributed by atoms with Crippen LogP contribution in [-0.2, 0) is 38.5 Å². The molecule has 0 saturated heterocycles. The van der Waals surface area contributed by atoms with Crippen LogP contribution in [0, 0.1) is 87.3 Å². The first-order chi connectivity index (χ1) is 22.5. The molecule has 15 heteroatoms. The molecule has 4 aromatic carbocycles. The van der Waals surface area contributed by atoms with Gasteiger partial charge in [0.2, 0.25) is 17.5 Å². The van der Waals surface area contributed by atoms with E-state index in [4.69, 9.17) is 0 Å². The lowest BCUT2D eigenvalue weighted by atomic mass is 9.78. The van der Waals surface area contributed by atoms with E-state index >= 15 is 0 Å². The van der Waals surface area contributed by atoms with E-state index in [-0.39, 0.29) is 52.6 Å². The Hall–Kier alpha value is -4.17. The lowest BCUT2D eigenvalue weighted by Gasteiger charge is -2.27. The molecule has 0 unspecified atom stereocenters. The van der Waals surface area contributed by atoms with Crippen LogP contribution in [-0.4, -0.2) is 0 Å². The zero-order valence-corrected chi connectivity index (χ0v) is 24.9. The van der Waals surface area contributed by atoms with E-state index in [9.17, 15) is 65.9 Å². The Labute approximate surface area is 262 Å². The van der Waals surface area contributed by atoms with E-state index in [1.165, 1.54) is 20.8 Å². The van der Waals surface area contributed by atoms with Crippen molar-refractivity contribution in [1.82, 2.24) is 0 Å². The molecule has 0 atom stereocenters. The first-order valence-corrected chi connectivity index (χ1v) is 14.1. The maximum absolute atomic E-state index is 14.9. The van der Waals surface area contributed by atoms with Crippen molar-refractivity contribution in [2.24, 2.45) is 0 Å². The number of hydrogen-bond donors (Lipinski definition) is 0. The van der Waals surface area contributed by atoms with Crippen molar-refractivity contribution in [3.63, 3.8) is 0 Å². The van der Waals surface area contributed by atoms with Crippen LogP contribution in [0.5, 0.6) is 0 Å². The fourth-order valence-corrected chi connectivity index (χ4v) is 5.96. The monoisotopic (exact) mass is 702 g/mol. The molecule has 4 aromatic rings. The molecule has 0 fully saturated rings. The average molecular weight is 703 g/mol. The molecule has 48 heavy (non-hydrogen) atoms. The van der Waals surface area contributed by atoms with Crippen LogP contribution < -0.4 is 0 Å². The summed E-state index contributed by atoms with van der Waals surface area (Å²) in [4.78, 5) is 0. The van der Waals surface area contributed by atoms with Crippen LogP contribution in [0.25, 0.3) is 0 Å². The molecule has 0 amide bonds. The summed E-state index contributed by atoms with van der Waals surface area (Å²) in [5.41, 5.74) is -5.62. The topological polar surface area (TPSA) is 0 Å². The molecule has 0 aromatic heterocycles. The van der Waals surface area contributed by atoms with Gasteiger partial charge < -0.3 is 0 Å². The summed E-state index contributed by atoms with van der Waals surface area (Å²) in [7, 11) is 0. The molecule has 0 heterocycles. The van der Waals surface area contributed by atoms with Crippen molar-refractivity contribution in [1.29, 1.82) is 0 Å². The quantitative estimate of drug-likeness (QED) is 0.0926. The van der Waals surface area contributed by atoms with Gasteiger partial charge in [-0.3, -0.25) is 0 Å². The number of benzene rings is 4. The Kier molecular flexibility index (Phi) is 10.5. The minimum absolute atomic E-state index is 0.127. The third-order valence-corrected chi connectivity index (χ3v) is 8.21. The molecule has 0 bridgehead atoms. The van der Waals surface area contributed by atoms with Gasteiger partial charge in [0.05, 0.1) is 0 Å². The Morgan fingerprint density at radius 2 is 0.354 bits per heavy atom. The molecule has 0 N–H and O–H groups in total. The van der Waals surface area contributed by atoms with Crippen LogP contribution in [0.15, 0.2) is 0 Å². The average Bonchev–Trinajstić information content (AvgIpc) is 3.08. The van der Waals surface area contributed by atoms with Crippen LogP contribution in [0.4, 0.5) is 65.9 Å². The minimum Gasteiger partial charge on any atom is -0.203 e.